The summed E-state index contributed by atoms with van der Waals surface area (Å²) in [4.78, 5) is 21.7. The molecule has 0 saturated heterocycles. The molecular formula is C51H33Li2N5O2+2. The monoisotopic (exact) mass is 761 g/mol. The Hall–Kier alpha value is -6.42. The summed E-state index contributed by atoms with van der Waals surface area (Å²) >= 11 is 0. The number of hydrogen-bond donors (Lipinski definition) is 1. The molecule has 2 atom stereocenters. The SMILES string of the molecule is [Li+].[Li+].[O-]c1c(-c2c3ccccc3c(C3=CC=C4C=CC=[NH+]C4C3[O-])c3c2ccc2c(-c4nc(-c5ccccc5)nc(-c5ccccc5)n4)cccc23)ccc2ccc[nH+]c12. The first-order chi connectivity index (χ1) is 28.6. The van der Waals surface area contributed by atoms with Gasteiger partial charge in [0, 0.05) is 39.8 Å². The molecular weight excluding hydrogens is 728 g/mol. The summed E-state index contributed by atoms with van der Waals surface area (Å²) in [6.07, 6.45) is 10.5. The summed E-state index contributed by atoms with van der Waals surface area (Å²) in [5.41, 5.74) is 7.04. The summed E-state index contributed by atoms with van der Waals surface area (Å²) in [6.45, 7) is 0. The fraction of sp³-hybridized carbons (Fsp3) is 0.0392. The molecule has 7 aromatic carbocycles. The van der Waals surface area contributed by atoms with Crippen LogP contribution in [0.3, 0.4) is 0 Å². The van der Waals surface area contributed by atoms with E-state index in [1.165, 1.54) is 0 Å². The van der Waals surface area contributed by atoms with Crippen molar-refractivity contribution < 1.29 is 57.9 Å². The quantitative estimate of drug-likeness (QED) is 0.161. The van der Waals surface area contributed by atoms with Crippen molar-refractivity contribution in [1.82, 2.24) is 15.0 Å². The Kier molecular flexibility index (Phi) is 10.4. The first-order valence-corrected chi connectivity index (χ1v) is 19.3. The second kappa shape index (κ2) is 16.0. The van der Waals surface area contributed by atoms with Crippen molar-refractivity contribution >= 4 is 55.0 Å². The minimum Gasteiger partial charge on any atom is -0.868 e. The number of nitrogens with zero attached hydrogens (tertiary/aromatic N) is 3. The van der Waals surface area contributed by atoms with Crippen molar-refractivity contribution in [2.75, 3.05) is 0 Å². The Balaban J connectivity index is 0.00000231. The number of aromatic nitrogens is 4. The molecule has 1 aliphatic heterocycles. The van der Waals surface area contributed by atoms with Gasteiger partial charge in [0.15, 0.2) is 35.9 Å². The predicted octanol–water partition coefficient (Wildman–Crippen LogP) is 1.19. The molecule has 0 radical (unpaired) electrons. The Bertz CT molecular complexity index is 3220. The van der Waals surface area contributed by atoms with Crippen LogP contribution in [-0.2, 0) is 0 Å². The first-order valence-electron chi connectivity index (χ1n) is 19.3. The van der Waals surface area contributed by atoms with Crippen LogP contribution in [0.4, 0.5) is 0 Å². The van der Waals surface area contributed by atoms with Gasteiger partial charge in [0.25, 0.3) is 0 Å². The number of pyridine rings is 1. The number of aromatic amines is 1. The molecule has 0 spiro atoms. The molecule has 7 nitrogen and oxygen atoms in total. The maximum absolute atomic E-state index is 14.7. The number of rotatable bonds is 5. The summed E-state index contributed by atoms with van der Waals surface area (Å²) in [5.74, 6) is 1.59. The fourth-order valence-corrected chi connectivity index (χ4v) is 8.74. The zero-order valence-corrected chi connectivity index (χ0v) is 33.1. The summed E-state index contributed by atoms with van der Waals surface area (Å²) < 4.78 is 0. The first kappa shape index (κ1) is 39.1. The van der Waals surface area contributed by atoms with Gasteiger partial charge >= 0.3 is 37.7 Å². The molecule has 9 aromatic rings. The van der Waals surface area contributed by atoms with Gasteiger partial charge in [-0.05, 0) is 84.6 Å². The van der Waals surface area contributed by atoms with Crippen LogP contribution in [0.2, 0.25) is 0 Å². The van der Waals surface area contributed by atoms with Gasteiger partial charge in [-0.1, -0.05) is 133 Å². The van der Waals surface area contributed by atoms with E-state index in [0.717, 1.165) is 71.1 Å². The van der Waals surface area contributed by atoms with E-state index in [-0.39, 0.29) is 43.5 Å². The van der Waals surface area contributed by atoms with Crippen molar-refractivity contribution in [3.8, 4) is 51.0 Å². The van der Waals surface area contributed by atoms with Gasteiger partial charge in [-0.25, -0.2) is 24.9 Å². The summed E-state index contributed by atoms with van der Waals surface area (Å²) in [5, 5.41) is 35.5. The van der Waals surface area contributed by atoms with Crippen LogP contribution in [-0.4, -0.2) is 33.3 Å². The van der Waals surface area contributed by atoms with Gasteiger partial charge in [-0.15, -0.1) is 0 Å². The van der Waals surface area contributed by atoms with Gasteiger partial charge in [0.05, 0.1) is 0 Å². The molecule has 2 N–H and O–H groups in total. The van der Waals surface area contributed by atoms with Gasteiger partial charge < -0.3 is 10.2 Å². The molecule has 3 heterocycles. The molecule has 0 saturated carbocycles. The van der Waals surface area contributed by atoms with Gasteiger partial charge in [-0.3, -0.25) is 0 Å². The maximum Gasteiger partial charge on any atom is 1.00 e. The third-order valence-corrected chi connectivity index (χ3v) is 11.4. The smallest absolute Gasteiger partial charge is 0.868 e. The van der Waals surface area contributed by atoms with E-state index >= 15 is 0 Å². The minimum absolute atomic E-state index is 0. The van der Waals surface area contributed by atoms with E-state index in [1.807, 2.05) is 140 Å². The third kappa shape index (κ3) is 6.40. The van der Waals surface area contributed by atoms with Crippen LogP contribution < -0.4 is 57.9 Å². The van der Waals surface area contributed by atoms with Crippen LogP contribution in [0.5, 0.6) is 5.75 Å². The number of nitrogens with one attached hydrogen (secondary N) is 2. The Labute approximate surface area is 370 Å². The molecule has 0 fully saturated rings. The Morgan fingerprint density at radius 3 is 1.92 bits per heavy atom. The molecule has 2 aromatic heterocycles. The molecule has 0 bridgehead atoms. The molecule has 1 aliphatic carbocycles. The number of hydrogen-bond acceptors (Lipinski definition) is 5. The van der Waals surface area contributed by atoms with Crippen LogP contribution in [0.25, 0.3) is 94.1 Å². The topological polar surface area (TPSA) is 113 Å². The van der Waals surface area contributed by atoms with Crippen molar-refractivity contribution in [2.24, 2.45) is 0 Å². The van der Waals surface area contributed by atoms with Gasteiger partial charge in [0.2, 0.25) is 5.52 Å². The van der Waals surface area contributed by atoms with Crippen LogP contribution in [0.15, 0.2) is 176 Å². The number of fused-ring (bicyclic) bond motifs is 6. The van der Waals surface area contributed by atoms with Gasteiger partial charge in [0.1, 0.15) is 0 Å². The standard InChI is InChI=1S/C51H32N5O2.2Li/c57-47-40(24-22-30-16-10-28-52-45(30)47)42-36-18-7-8-19-37(36)44(41-25-23-31-17-11-29-53-46(31)48(41)58)43-35-20-9-21-38(34(35)26-27-39(42)43)51-55-49(32-12-3-1-4-13-32)54-50(56-51)33-14-5-2-6-15-33;;/h1-29,46,48,57H;;/q-1;2*+1/p+1. The van der Waals surface area contributed by atoms with Crippen molar-refractivity contribution in [1.29, 1.82) is 0 Å². The fourth-order valence-electron chi connectivity index (χ4n) is 8.74. The summed E-state index contributed by atoms with van der Waals surface area (Å²) in [6, 6.07) is 45.7. The molecule has 9 heteroatoms. The molecule has 274 valence electrons. The zero-order chi connectivity index (χ0) is 38.7. The maximum atomic E-state index is 14.7. The third-order valence-electron chi connectivity index (χ3n) is 11.4. The largest absolute Gasteiger partial charge is 1.00 e. The Morgan fingerprint density at radius 1 is 0.533 bits per heavy atom. The van der Waals surface area contributed by atoms with E-state index in [0.29, 0.717) is 34.1 Å². The second-order valence-corrected chi connectivity index (χ2v) is 14.7. The van der Waals surface area contributed by atoms with E-state index in [4.69, 9.17) is 15.0 Å². The molecule has 2 unspecified atom stereocenters. The van der Waals surface area contributed by atoms with Gasteiger partial charge in [-0.2, -0.15) is 0 Å². The number of benzene rings is 7. The minimum atomic E-state index is -1.10. The van der Waals surface area contributed by atoms with Crippen molar-refractivity contribution in [2.45, 2.75) is 12.1 Å². The average molecular weight is 762 g/mol. The van der Waals surface area contributed by atoms with Crippen molar-refractivity contribution in [3.63, 3.8) is 0 Å². The normalized spacial score (nSPS) is 15.6. The molecule has 0 amide bonds. The van der Waals surface area contributed by atoms with E-state index in [2.05, 4.69) is 40.3 Å². The average Bonchev–Trinajstić information content (AvgIpc) is 3.29. The van der Waals surface area contributed by atoms with E-state index in [9.17, 15) is 10.2 Å². The number of allylic oxidation sites excluding steroid dienone is 3. The van der Waals surface area contributed by atoms with E-state index < -0.39 is 12.1 Å². The molecule has 60 heavy (non-hydrogen) atoms. The Morgan fingerprint density at radius 2 is 1.18 bits per heavy atom. The second-order valence-electron chi connectivity index (χ2n) is 14.7. The van der Waals surface area contributed by atoms with E-state index in [1.54, 1.807) is 6.20 Å². The zero-order valence-electron chi connectivity index (χ0n) is 33.1. The van der Waals surface area contributed by atoms with Crippen LogP contribution in [0, 0.1) is 0 Å². The predicted molar refractivity (Wildman–Crippen MR) is 227 cm³/mol. The number of H-pyrrole nitrogens is 1. The van der Waals surface area contributed by atoms with Crippen LogP contribution >= 0.6 is 0 Å². The molecule has 2 aliphatic rings. The summed E-state index contributed by atoms with van der Waals surface area (Å²) in [7, 11) is 0. The molecule has 11 rings (SSSR count). The van der Waals surface area contributed by atoms with Crippen LogP contribution in [0.1, 0.15) is 5.56 Å². The van der Waals surface area contributed by atoms with Crippen molar-refractivity contribution in [3.05, 3.63) is 181 Å².